The lowest BCUT2D eigenvalue weighted by Gasteiger charge is -2.37. The SMILES string of the molecule is C=C(/C=C\C=C/C)N1CCN(c2ccc(C)cn2)CC1. The lowest BCUT2D eigenvalue weighted by Crippen LogP contribution is -2.45. The average molecular weight is 269 g/mol. The first-order valence-corrected chi connectivity index (χ1v) is 7.11. The smallest absolute Gasteiger partial charge is 0.128 e. The van der Waals surface area contributed by atoms with Crippen LogP contribution in [-0.2, 0) is 0 Å². The fourth-order valence-corrected chi connectivity index (χ4v) is 2.25. The van der Waals surface area contributed by atoms with Gasteiger partial charge in [0.2, 0.25) is 0 Å². The zero-order chi connectivity index (χ0) is 14.4. The Balaban J connectivity index is 1.89. The molecule has 0 unspecified atom stereocenters. The third-order valence-electron chi connectivity index (χ3n) is 3.50. The van der Waals surface area contributed by atoms with Gasteiger partial charge in [-0.1, -0.05) is 30.9 Å². The van der Waals surface area contributed by atoms with E-state index in [2.05, 4.69) is 46.5 Å². The minimum Gasteiger partial charge on any atom is -0.368 e. The Morgan fingerprint density at radius 3 is 2.55 bits per heavy atom. The molecule has 0 saturated carbocycles. The second-order valence-electron chi connectivity index (χ2n) is 5.04. The average Bonchev–Trinajstić information content (AvgIpc) is 2.48. The van der Waals surface area contributed by atoms with Crippen LogP contribution in [0.15, 0.2) is 54.9 Å². The summed E-state index contributed by atoms with van der Waals surface area (Å²) >= 11 is 0. The Hall–Kier alpha value is -2.03. The van der Waals surface area contributed by atoms with E-state index in [0.717, 1.165) is 37.7 Å². The summed E-state index contributed by atoms with van der Waals surface area (Å²) in [5, 5.41) is 0. The van der Waals surface area contributed by atoms with Crippen LogP contribution in [-0.4, -0.2) is 36.1 Å². The molecule has 0 amide bonds. The number of allylic oxidation sites excluding steroid dienone is 4. The van der Waals surface area contributed by atoms with Crippen LogP contribution in [0, 0.1) is 6.92 Å². The van der Waals surface area contributed by atoms with Gasteiger partial charge >= 0.3 is 0 Å². The molecule has 1 aromatic rings. The number of nitrogens with zero attached hydrogens (tertiary/aromatic N) is 3. The van der Waals surface area contributed by atoms with Crippen molar-refractivity contribution < 1.29 is 0 Å². The molecule has 1 fully saturated rings. The summed E-state index contributed by atoms with van der Waals surface area (Å²) in [5.74, 6) is 1.07. The minimum absolute atomic E-state index is 0.993. The Bertz CT molecular complexity index is 491. The van der Waals surface area contributed by atoms with Crippen molar-refractivity contribution in [3.05, 3.63) is 60.5 Å². The molecule has 3 nitrogen and oxygen atoms in total. The predicted octanol–water partition coefficient (Wildman–Crippen LogP) is 3.16. The largest absolute Gasteiger partial charge is 0.368 e. The van der Waals surface area contributed by atoms with Crippen molar-refractivity contribution in [2.75, 3.05) is 31.1 Å². The number of anilines is 1. The minimum atomic E-state index is 0.993. The normalized spacial score (nSPS) is 16.3. The van der Waals surface area contributed by atoms with Gasteiger partial charge in [-0.15, -0.1) is 0 Å². The summed E-state index contributed by atoms with van der Waals surface area (Å²) in [6.45, 7) is 12.2. The molecule has 2 rings (SSSR count). The molecule has 0 N–H and O–H groups in total. The third-order valence-corrected chi connectivity index (χ3v) is 3.50. The lowest BCUT2D eigenvalue weighted by molar-refractivity contribution is 0.331. The molecular formula is C17H23N3. The van der Waals surface area contributed by atoms with Gasteiger partial charge in [-0.2, -0.15) is 0 Å². The summed E-state index contributed by atoms with van der Waals surface area (Å²) in [6.07, 6.45) is 10.1. The van der Waals surface area contributed by atoms with Crippen molar-refractivity contribution in [2.45, 2.75) is 13.8 Å². The number of pyridine rings is 1. The predicted molar refractivity (Wildman–Crippen MR) is 85.9 cm³/mol. The first kappa shape index (κ1) is 14.4. The van der Waals surface area contributed by atoms with E-state index in [1.54, 1.807) is 0 Å². The Morgan fingerprint density at radius 1 is 1.20 bits per heavy atom. The zero-order valence-corrected chi connectivity index (χ0v) is 12.4. The first-order chi connectivity index (χ1) is 9.70. The number of piperazine rings is 1. The quantitative estimate of drug-likeness (QED) is 0.783. The zero-order valence-electron chi connectivity index (χ0n) is 12.4. The number of hydrogen-bond donors (Lipinski definition) is 0. The molecular weight excluding hydrogens is 246 g/mol. The monoisotopic (exact) mass is 269 g/mol. The van der Waals surface area contributed by atoms with E-state index in [4.69, 9.17) is 0 Å². The number of rotatable bonds is 4. The van der Waals surface area contributed by atoms with Crippen LogP contribution in [0.4, 0.5) is 5.82 Å². The first-order valence-electron chi connectivity index (χ1n) is 7.11. The van der Waals surface area contributed by atoms with Gasteiger partial charge in [0.05, 0.1) is 0 Å². The summed E-state index contributed by atoms with van der Waals surface area (Å²) in [6, 6.07) is 4.22. The van der Waals surface area contributed by atoms with Crippen LogP contribution < -0.4 is 4.90 Å². The van der Waals surface area contributed by atoms with Crippen molar-refractivity contribution in [2.24, 2.45) is 0 Å². The highest BCUT2D eigenvalue weighted by molar-refractivity contribution is 5.40. The number of aryl methyl sites for hydroxylation is 1. The van der Waals surface area contributed by atoms with E-state index in [1.807, 2.05) is 31.3 Å². The van der Waals surface area contributed by atoms with Gasteiger partial charge in [0.1, 0.15) is 5.82 Å². The van der Waals surface area contributed by atoms with Crippen molar-refractivity contribution in [1.82, 2.24) is 9.88 Å². The van der Waals surface area contributed by atoms with E-state index in [9.17, 15) is 0 Å². The maximum absolute atomic E-state index is 4.49. The van der Waals surface area contributed by atoms with Crippen LogP contribution >= 0.6 is 0 Å². The molecule has 0 atom stereocenters. The van der Waals surface area contributed by atoms with Crippen LogP contribution in [0.2, 0.25) is 0 Å². The molecule has 3 heteroatoms. The highest BCUT2D eigenvalue weighted by Gasteiger charge is 2.17. The third kappa shape index (κ3) is 3.73. The van der Waals surface area contributed by atoms with Crippen LogP contribution in [0.1, 0.15) is 12.5 Å². The van der Waals surface area contributed by atoms with Crippen molar-refractivity contribution in [1.29, 1.82) is 0 Å². The topological polar surface area (TPSA) is 19.4 Å². The molecule has 1 saturated heterocycles. The Labute approximate surface area is 121 Å². The standard InChI is InChI=1S/C17H23N3/c1-4-5-6-7-16(3)19-10-12-20(13-11-19)17-9-8-15(2)14-18-17/h4-9,14H,3,10-13H2,1-2H3/b5-4-,7-6-. The summed E-state index contributed by atoms with van der Waals surface area (Å²) < 4.78 is 0. The van der Waals surface area contributed by atoms with Crippen LogP contribution in [0.3, 0.4) is 0 Å². The van der Waals surface area contributed by atoms with Crippen LogP contribution in [0.25, 0.3) is 0 Å². The van der Waals surface area contributed by atoms with Gasteiger partial charge in [-0.25, -0.2) is 4.98 Å². The van der Waals surface area contributed by atoms with Gasteiger partial charge in [0, 0.05) is 38.1 Å². The van der Waals surface area contributed by atoms with Gasteiger partial charge < -0.3 is 9.80 Å². The van der Waals surface area contributed by atoms with Crippen molar-refractivity contribution in [3.63, 3.8) is 0 Å². The molecule has 0 bridgehead atoms. The maximum Gasteiger partial charge on any atom is 0.128 e. The summed E-state index contributed by atoms with van der Waals surface area (Å²) in [4.78, 5) is 9.15. The molecule has 1 aliphatic rings. The molecule has 0 aromatic carbocycles. The highest BCUT2D eigenvalue weighted by Crippen LogP contribution is 2.16. The van der Waals surface area contributed by atoms with Crippen LogP contribution in [0.5, 0.6) is 0 Å². The summed E-state index contributed by atoms with van der Waals surface area (Å²) in [5.41, 5.74) is 2.29. The molecule has 0 aliphatic carbocycles. The molecule has 0 spiro atoms. The summed E-state index contributed by atoms with van der Waals surface area (Å²) in [7, 11) is 0. The number of hydrogen-bond acceptors (Lipinski definition) is 3. The lowest BCUT2D eigenvalue weighted by atomic mass is 10.2. The van der Waals surface area contributed by atoms with Gasteiger partial charge in [0.15, 0.2) is 0 Å². The van der Waals surface area contributed by atoms with Gasteiger partial charge in [-0.05, 0) is 31.6 Å². The van der Waals surface area contributed by atoms with Crippen molar-refractivity contribution >= 4 is 5.82 Å². The Morgan fingerprint density at radius 2 is 1.95 bits per heavy atom. The van der Waals surface area contributed by atoms with Gasteiger partial charge in [-0.3, -0.25) is 0 Å². The number of aromatic nitrogens is 1. The molecule has 0 radical (unpaired) electrons. The molecule has 20 heavy (non-hydrogen) atoms. The molecule has 1 aliphatic heterocycles. The van der Waals surface area contributed by atoms with Gasteiger partial charge in [0.25, 0.3) is 0 Å². The fraction of sp³-hybridized carbons (Fsp3) is 0.353. The maximum atomic E-state index is 4.49. The second kappa shape index (κ2) is 6.94. The van der Waals surface area contributed by atoms with Crippen molar-refractivity contribution in [3.8, 4) is 0 Å². The highest BCUT2D eigenvalue weighted by atomic mass is 15.3. The molecule has 106 valence electrons. The molecule has 2 heterocycles. The second-order valence-corrected chi connectivity index (χ2v) is 5.04. The van der Waals surface area contributed by atoms with E-state index in [1.165, 1.54) is 5.56 Å². The molecule has 1 aromatic heterocycles. The Kier molecular flexibility index (Phi) is 4.99. The van der Waals surface area contributed by atoms with E-state index in [-0.39, 0.29) is 0 Å². The fourth-order valence-electron chi connectivity index (χ4n) is 2.25. The van der Waals surface area contributed by atoms with E-state index < -0.39 is 0 Å². The van der Waals surface area contributed by atoms with E-state index in [0.29, 0.717) is 0 Å². The van der Waals surface area contributed by atoms with E-state index >= 15 is 0 Å².